The number of fused-ring (bicyclic) bond motifs is 1. The van der Waals surface area contributed by atoms with Crippen LogP contribution in [-0.4, -0.2) is 34.9 Å². The molecular weight excluding hydrogens is 450 g/mol. The maximum absolute atomic E-state index is 12.7. The third kappa shape index (κ3) is 3.74. The number of methoxy groups -OCH3 is 1. The van der Waals surface area contributed by atoms with Crippen LogP contribution in [0.5, 0.6) is 5.88 Å². The van der Waals surface area contributed by atoms with Crippen LogP contribution in [0.4, 0.5) is 5.69 Å². The van der Waals surface area contributed by atoms with Crippen LogP contribution in [-0.2, 0) is 10.0 Å². The maximum atomic E-state index is 12.7. The summed E-state index contributed by atoms with van der Waals surface area (Å²) >= 11 is 6.93. The summed E-state index contributed by atoms with van der Waals surface area (Å²) in [5.74, 6) is 0.103. The monoisotopic (exact) mass is 463 g/mol. The van der Waals surface area contributed by atoms with Crippen molar-refractivity contribution in [2.24, 2.45) is 0 Å². The molecule has 0 aliphatic heterocycles. The Morgan fingerprint density at radius 1 is 1.13 bits per heavy atom. The van der Waals surface area contributed by atoms with Crippen molar-refractivity contribution in [1.29, 1.82) is 0 Å². The predicted octanol–water partition coefficient (Wildman–Crippen LogP) is 2.98. The van der Waals surface area contributed by atoms with E-state index >= 15 is 0 Å². The molecule has 0 spiro atoms. The molecule has 12 heteroatoms. The van der Waals surface area contributed by atoms with E-state index in [0.717, 1.165) is 11.3 Å². The van der Waals surface area contributed by atoms with Crippen molar-refractivity contribution in [3.63, 3.8) is 0 Å². The van der Waals surface area contributed by atoms with Gasteiger partial charge in [0.2, 0.25) is 5.88 Å². The summed E-state index contributed by atoms with van der Waals surface area (Å²) in [5.41, 5.74) is 1.33. The molecule has 1 N–H and O–H groups in total. The lowest BCUT2D eigenvalue weighted by atomic mass is 10.1. The van der Waals surface area contributed by atoms with Crippen LogP contribution in [0.3, 0.4) is 0 Å². The van der Waals surface area contributed by atoms with Crippen molar-refractivity contribution >= 4 is 44.3 Å². The average molecular weight is 464 g/mol. The summed E-state index contributed by atoms with van der Waals surface area (Å²) in [6.45, 7) is 1.72. The molecule has 0 atom stereocenters. The van der Waals surface area contributed by atoms with Crippen molar-refractivity contribution < 1.29 is 13.2 Å². The number of hydrogen-bond acceptors (Lipinski definition) is 8. The topological polar surface area (TPSA) is 116 Å². The second-order valence-electron chi connectivity index (χ2n) is 6.14. The molecule has 0 aliphatic carbocycles. The molecule has 0 aromatic carbocycles. The van der Waals surface area contributed by atoms with Gasteiger partial charge in [0.1, 0.15) is 16.4 Å². The number of anilines is 1. The Morgan fingerprint density at radius 2 is 1.93 bits per heavy atom. The molecule has 0 unspecified atom stereocenters. The van der Waals surface area contributed by atoms with Gasteiger partial charge in [-0.15, -0.1) is 11.3 Å². The Kier molecular flexibility index (Phi) is 5.18. The fourth-order valence-corrected chi connectivity index (χ4v) is 5.03. The van der Waals surface area contributed by atoms with Gasteiger partial charge in [-0.05, 0) is 25.1 Å². The summed E-state index contributed by atoms with van der Waals surface area (Å²) in [6, 6.07) is 4.96. The number of ether oxygens (including phenoxy) is 1. The lowest BCUT2D eigenvalue weighted by Crippen LogP contribution is -2.15. The summed E-state index contributed by atoms with van der Waals surface area (Å²) < 4.78 is 34.5. The largest absolute Gasteiger partial charge is 0.480 e. The van der Waals surface area contributed by atoms with Crippen molar-refractivity contribution in [3.8, 4) is 17.0 Å². The lowest BCUT2D eigenvalue weighted by molar-refractivity contribution is 0.400. The summed E-state index contributed by atoms with van der Waals surface area (Å²) in [6.07, 6.45) is 5.66. The van der Waals surface area contributed by atoms with Crippen molar-refractivity contribution in [1.82, 2.24) is 19.4 Å². The highest BCUT2D eigenvalue weighted by Gasteiger charge is 2.20. The van der Waals surface area contributed by atoms with Gasteiger partial charge in [0.25, 0.3) is 15.6 Å². The van der Waals surface area contributed by atoms with Gasteiger partial charge in [0.05, 0.1) is 24.5 Å². The van der Waals surface area contributed by atoms with Gasteiger partial charge in [-0.2, -0.15) is 0 Å². The van der Waals surface area contributed by atoms with Crippen molar-refractivity contribution in [3.05, 3.63) is 63.4 Å². The second-order valence-corrected chi connectivity index (χ2v) is 9.69. The van der Waals surface area contributed by atoms with Gasteiger partial charge < -0.3 is 4.74 Å². The molecule has 0 bridgehead atoms. The van der Waals surface area contributed by atoms with Crippen LogP contribution in [0.25, 0.3) is 16.8 Å². The highest BCUT2D eigenvalue weighted by molar-refractivity contribution is 7.94. The molecular formula is C18H14ClN5O4S2. The molecule has 4 aromatic heterocycles. The molecule has 4 heterocycles. The average Bonchev–Trinajstić information content (AvgIpc) is 3.18. The quantitative estimate of drug-likeness (QED) is 0.483. The van der Waals surface area contributed by atoms with Gasteiger partial charge >= 0.3 is 0 Å². The molecule has 9 nitrogen and oxygen atoms in total. The first kappa shape index (κ1) is 20.3. The number of aromatic nitrogens is 4. The Hall–Kier alpha value is -3.02. The minimum absolute atomic E-state index is 0.00851. The van der Waals surface area contributed by atoms with E-state index in [2.05, 4.69) is 19.7 Å². The lowest BCUT2D eigenvalue weighted by Gasteiger charge is -2.12. The Bertz CT molecular complexity index is 1430. The number of rotatable bonds is 5. The standard InChI is InChI=1S/C18H14ClN5O4S2/c1-10-20-8-16(29-10)30(26,27)23-14-5-12(6-22-17(14)28-2)11-3-4-15-21-7-13(19)18(25)24(15)9-11/h3-9,23H,1-2H3. The number of sulfonamides is 1. The molecule has 0 amide bonds. The number of hydrogen-bond donors (Lipinski definition) is 1. The zero-order valence-electron chi connectivity index (χ0n) is 15.7. The normalized spacial score (nSPS) is 11.6. The van der Waals surface area contributed by atoms with Crippen LogP contribution < -0.4 is 15.0 Å². The van der Waals surface area contributed by atoms with E-state index in [1.807, 2.05) is 0 Å². The van der Waals surface area contributed by atoms with E-state index in [9.17, 15) is 13.2 Å². The predicted molar refractivity (Wildman–Crippen MR) is 114 cm³/mol. The van der Waals surface area contributed by atoms with E-state index in [1.54, 1.807) is 31.3 Å². The minimum Gasteiger partial charge on any atom is -0.480 e. The first-order valence-electron chi connectivity index (χ1n) is 8.45. The summed E-state index contributed by atoms with van der Waals surface area (Å²) in [5, 5.41) is 0.619. The highest BCUT2D eigenvalue weighted by atomic mass is 35.5. The fraction of sp³-hybridized carbons (Fsp3) is 0.111. The number of halogens is 1. The van der Waals surface area contributed by atoms with E-state index in [-0.39, 0.29) is 20.8 Å². The molecule has 0 fully saturated rings. The number of thiazole rings is 1. The molecule has 154 valence electrons. The first-order chi connectivity index (χ1) is 14.3. The molecule has 0 saturated carbocycles. The van der Waals surface area contributed by atoms with Crippen LogP contribution >= 0.6 is 22.9 Å². The van der Waals surface area contributed by atoms with E-state index < -0.39 is 15.6 Å². The zero-order valence-corrected chi connectivity index (χ0v) is 18.0. The van der Waals surface area contributed by atoms with Crippen LogP contribution in [0, 0.1) is 6.92 Å². The van der Waals surface area contributed by atoms with E-state index in [4.69, 9.17) is 16.3 Å². The third-order valence-corrected chi connectivity index (χ3v) is 7.15. The summed E-state index contributed by atoms with van der Waals surface area (Å²) in [4.78, 5) is 24.6. The van der Waals surface area contributed by atoms with E-state index in [1.165, 1.54) is 30.1 Å². The van der Waals surface area contributed by atoms with Gasteiger partial charge in [-0.1, -0.05) is 11.6 Å². The third-order valence-electron chi connectivity index (χ3n) is 4.15. The van der Waals surface area contributed by atoms with Crippen molar-refractivity contribution in [2.75, 3.05) is 11.8 Å². The molecule has 0 radical (unpaired) electrons. The Labute approximate surface area is 180 Å². The number of nitrogens with one attached hydrogen (secondary N) is 1. The fourth-order valence-electron chi connectivity index (χ4n) is 2.73. The minimum atomic E-state index is -3.87. The summed E-state index contributed by atoms with van der Waals surface area (Å²) in [7, 11) is -2.48. The number of pyridine rings is 2. The zero-order chi connectivity index (χ0) is 21.5. The molecule has 4 rings (SSSR count). The van der Waals surface area contributed by atoms with Crippen LogP contribution in [0.1, 0.15) is 5.01 Å². The van der Waals surface area contributed by atoms with Crippen LogP contribution in [0.15, 0.2) is 52.0 Å². The number of nitrogens with zero attached hydrogens (tertiary/aromatic N) is 4. The Balaban J connectivity index is 1.79. The van der Waals surface area contributed by atoms with Crippen LogP contribution in [0.2, 0.25) is 5.02 Å². The van der Waals surface area contributed by atoms with Crippen molar-refractivity contribution in [2.45, 2.75) is 11.1 Å². The van der Waals surface area contributed by atoms with Gasteiger partial charge in [0.15, 0.2) is 4.21 Å². The van der Waals surface area contributed by atoms with Gasteiger partial charge in [-0.3, -0.25) is 13.9 Å². The SMILES string of the molecule is COc1ncc(-c2ccc3ncc(Cl)c(=O)n3c2)cc1NS(=O)(=O)c1cnc(C)s1. The van der Waals surface area contributed by atoms with Gasteiger partial charge in [-0.25, -0.2) is 23.4 Å². The molecule has 0 saturated heterocycles. The highest BCUT2D eigenvalue weighted by Crippen LogP contribution is 2.31. The molecule has 4 aromatic rings. The first-order valence-corrected chi connectivity index (χ1v) is 11.1. The second kappa shape index (κ2) is 7.67. The number of aryl methyl sites for hydroxylation is 1. The smallest absolute Gasteiger partial charge is 0.276 e. The molecule has 30 heavy (non-hydrogen) atoms. The molecule has 0 aliphatic rings. The van der Waals surface area contributed by atoms with E-state index in [0.29, 0.717) is 21.8 Å². The maximum Gasteiger partial charge on any atom is 0.276 e. The Morgan fingerprint density at radius 3 is 2.63 bits per heavy atom. The van der Waals surface area contributed by atoms with Gasteiger partial charge in [0, 0.05) is 23.5 Å².